The number of alkyl halides is 3. The molecule has 0 aliphatic carbocycles. The summed E-state index contributed by atoms with van der Waals surface area (Å²) in [6.07, 6.45) is 8.09. The fourth-order valence-corrected chi connectivity index (χ4v) is 2.94. The summed E-state index contributed by atoms with van der Waals surface area (Å²) in [5.41, 5.74) is 7.86. The van der Waals surface area contributed by atoms with E-state index < -0.39 is 4.30 Å². The fourth-order valence-electron chi connectivity index (χ4n) is 2.94. The van der Waals surface area contributed by atoms with Crippen molar-refractivity contribution < 1.29 is 0 Å². The Kier molecular flexibility index (Phi) is 5.53. The van der Waals surface area contributed by atoms with Crippen LogP contribution in [0, 0.1) is 0 Å². The lowest BCUT2D eigenvalue weighted by Crippen LogP contribution is -1.75. The first-order valence-corrected chi connectivity index (χ1v) is 9.81. The number of hydrogen-bond donors (Lipinski definition) is 2. The molecule has 0 amide bonds. The normalized spacial score (nSPS) is 12.1. The third-order valence-electron chi connectivity index (χ3n) is 4.04. The third-order valence-corrected chi connectivity index (χ3v) is 4.04. The summed E-state index contributed by atoms with van der Waals surface area (Å²) in [6, 6.07) is 16.4. The number of fused-ring (bicyclic) bond motifs is 8. The van der Waals surface area contributed by atoms with Crippen molar-refractivity contribution in [3.8, 4) is 0 Å². The molecule has 3 aromatic rings. The SMILES string of the molecule is C1=Cc2cc3ccc(cc4nc(cc5ccc(cc1n2)[nH]5)C=C4)[nH]3.ClC(Cl)Cl. The number of nitrogens with one attached hydrogen (secondary N) is 2. The molecule has 7 heteroatoms. The van der Waals surface area contributed by atoms with Gasteiger partial charge in [-0.25, -0.2) is 9.97 Å². The molecule has 0 unspecified atom stereocenters. The zero-order valence-corrected chi connectivity index (χ0v) is 16.8. The van der Waals surface area contributed by atoms with Gasteiger partial charge in [0, 0.05) is 22.1 Å². The molecule has 3 aromatic heterocycles. The van der Waals surface area contributed by atoms with Gasteiger partial charge in [-0.15, -0.1) is 0 Å². The van der Waals surface area contributed by atoms with Gasteiger partial charge in [-0.2, -0.15) is 0 Å². The Labute approximate surface area is 176 Å². The Bertz CT molecular complexity index is 1040. The molecule has 0 atom stereocenters. The Hall–Kier alpha value is -2.53. The van der Waals surface area contributed by atoms with Gasteiger partial charge < -0.3 is 9.97 Å². The predicted octanol–water partition coefficient (Wildman–Crippen LogP) is 6.64. The second-order valence-electron chi connectivity index (χ2n) is 6.15. The first kappa shape index (κ1) is 18.8. The average molecular weight is 430 g/mol. The smallest absolute Gasteiger partial charge is 0.180 e. The van der Waals surface area contributed by atoms with E-state index in [0.717, 1.165) is 44.8 Å². The minimum absolute atomic E-state index is 0.750. The maximum atomic E-state index is 4.81. The van der Waals surface area contributed by atoms with Crippen LogP contribution < -0.4 is 0 Å². The van der Waals surface area contributed by atoms with Crippen LogP contribution in [0.4, 0.5) is 0 Å². The molecule has 28 heavy (non-hydrogen) atoms. The second-order valence-corrected chi connectivity index (χ2v) is 8.13. The molecule has 5 rings (SSSR count). The first-order valence-electron chi connectivity index (χ1n) is 8.50. The number of aromatic amines is 2. The van der Waals surface area contributed by atoms with E-state index in [1.165, 1.54) is 0 Å². The van der Waals surface area contributed by atoms with Crippen molar-refractivity contribution in [2.75, 3.05) is 0 Å². The van der Waals surface area contributed by atoms with Gasteiger partial charge in [0.25, 0.3) is 0 Å². The summed E-state index contributed by atoms with van der Waals surface area (Å²) >= 11 is 14.4. The van der Waals surface area contributed by atoms with Crippen LogP contribution in [-0.2, 0) is 0 Å². The number of halogens is 3. The quantitative estimate of drug-likeness (QED) is 0.271. The highest BCUT2D eigenvalue weighted by Crippen LogP contribution is 2.16. The van der Waals surface area contributed by atoms with Gasteiger partial charge in [-0.1, -0.05) is 34.8 Å². The summed E-state index contributed by atoms with van der Waals surface area (Å²) in [5.74, 6) is 0. The van der Waals surface area contributed by atoms with Gasteiger partial charge in [0.1, 0.15) is 0 Å². The van der Waals surface area contributed by atoms with Gasteiger partial charge in [-0.05, 0) is 72.8 Å². The summed E-state index contributed by atoms with van der Waals surface area (Å²) in [6.45, 7) is 0. The van der Waals surface area contributed by atoms with Crippen molar-refractivity contribution in [1.82, 2.24) is 19.9 Å². The lowest BCUT2D eigenvalue weighted by atomic mass is 10.3. The summed E-state index contributed by atoms with van der Waals surface area (Å²) in [5, 5.41) is 0. The molecule has 5 heterocycles. The van der Waals surface area contributed by atoms with Crippen LogP contribution in [0.25, 0.3) is 46.4 Å². The van der Waals surface area contributed by atoms with Crippen LogP contribution in [-0.4, -0.2) is 24.2 Å². The molecule has 4 nitrogen and oxygen atoms in total. The molecule has 2 aliphatic heterocycles. The van der Waals surface area contributed by atoms with Gasteiger partial charge in [0.2, 0.25) is 0 Å². The summed E-state index contributed by atoms with van der Waals surface area (Å²) in [7, 11) is 0. The maximum Gasteiger partial charge on any atom is 0.180 e. The van der Waals surface area contributed by atoms with E-state index in [1.54, 1.807) is 0 Å². The fraction of sp³-hybridized carbons (Fsp3) is 0.0476. The molecule has 8 bridgehead atoms. The van der Waals surface area contributed by atoms with E-state index in [0.29, 0.717) is 0 Å². The Morgan fingerprint density at radius 3 is 1.04 bits per heavy atom. The monoisotopic (exact) mass is 428 g/mol. The van der Waals surface area contributed by atoms with Crippen molar-refractivity contribution in [2.24, 2.45) is 0 Å². The zero-order chi connectivity index (χ0) is 19.5. The van der Waals surface area contributed by atoms with Crippen LogP contribution in [0.1, 0.15) is 22.8 Å². The summed E-state index contributed by atoms with van der Waals surface area (Å²) < 4.78 is -0.750. The van der Waals surface area contributed by atoms with Crippen molar-refractivity contribution in [3.63, 3.8) is 0 Å². The van der Waals surface area contributed by atoms with Crippen molar-refractivity contribution in [2.45, 2.75) is 4.30 Å². The lowest BCUT2D eigenvalue weighted by Gasteiger charge is -1.85. The van der Waals surface area contributed by atoms with E-state index in [-0.39, 0.29) is 0 Å². The molecular weight excluding hydrogens is 415 g/mol. The van der Waals surface area contributed by atoms with Gasteiger partial charge in [0.05, 0.1) is 22.8 Å². The molecule has 2 aliphatic rings. The Morgan fingerprint density at radius 2 is 0.786 bits per heavy atom. The number of nitrogens with zero attached hydrogens (tertiary/aromatic N) is 2. The van der Waals surface area contributed by atoms with Crippen molar-refractivity contribution in [3.05, 3.63) is 71.3 Å². The third kappa shape index (κ3) is 4.84. The minimum atomic E-state index is -0.750. The Balaban J connectivity index is 0.000000442. The van der Waals surface area contributed by atoms with E-state index in [1.807, 2.05) is 48.6 Å². The molecule has 0 spiro atoms. The van der Waals surface area contributed by atoms with Crippen LogP contribution in [0.15, 0.2) is 48.5 Å². The van der Waals surface area contributed by atoms with Gasteiger partial charge in [-0.3, -0.25) is 0 Å². The van der Waals surface area contributed by atoms with E-state index in [9.17, 15) is 0 Å². The van der Waals surface area contributed by atoms with Gasteiger partial charge in [0.15, 0.2) is 4.30 Å². The maximum absolute atomic E-state index is 4.81. The lowest BCUT2D eigenvalue weighted by molar-refractivity contribution is 1.31. The molecular formula is C21H15Cl3N4. The second kappa shape index (κ2) is 8.23. The molecule has 0 saturated carbocycles. The van der Waals surface area contributed by atoms with Gasteiger partial charge >= 0.3 is 0 Å². The molecule has 140 valence electrons. The number of aromatic nitrogens is 4. The van der Waals surface area contributed by atoms with Crippen molar-refractivity contribution >= 4 is 81.2 Å². The largest absolute Gasteiger partial charge is 0.355 e. The number of hydrogen-bond acceptors (Lipinski definition) is 2. The van der Waals surface area contributed by atoms with Crippen LogP contribution in [0.2, 0.25) is 0 Å². The highest BCUT2D eigenvalue weighted by atomic mass is 35.6. The molecule has 0 saturated heterocycles. The summed E-state index contributed by atoms with van der Waals surface area (Å²) in [4.78, 5) is 16.0. The van der Waals surface area contributed by atoms with Crippen LogP contribution in [0.3, 0.4) is 0 Å². The molecule has 2 N–H and O–H groups in total. The number of H-pyrrole nitrogens is 2. The van der Waals surface area contributed by atoms with E-state index in [4.69, 9.17) is 34.8 Å². The molecule has 0 radical (unpaired) electrons. The van der Waals surface area contributed by atoms with E-state index >= 15 is 0 Å². The Morgan fingerprint density at radius 1 is 0.536 bits per heavy atom. The van der Waals surface area contributed by atoms with Crippen LogP contribution in [0.5, 0.6) is 0 Å². The topological polar surface area (TPSA) is 57.4 Å². The highest BCUT2D eigenvalue weighted by molar-refractivity contribution is 6.63. The number of rotatable bonds is 0. The predicted molar refractivity (Wildman–Crippen MR) is 120 cm³/mol. The molecule has 0 aromatic carbocycles. The average Bonchev–Trinajstić information content (AvgIpc) is 3.39. The van der Waals surface area contributed by atoms with Crippen LogP contribution >= 0.6 is 34.8 Å². The first-order chi connectivity index (χ1) is 13.5. The molecule has 0 fully saturated rings. The minimum Gasteiger partial charge on any atom is -0.355 e. The highest BCUT2D eigenvalue weighted by Gasteiger charge is 2.01. The standard InChI is InChI=1S/C20H14N4.CHCl3/c1-2-14-10-16-5-6-18(23-16)12-20-8-7-19(24-20)11-17-4-3-15(22-17)9-13(1)21-14;2-1(3)4/h1-12,21,24H;1H. The zero-order valence-electron chi connectivity index (χ0n) is 14.5. The van der Waals surface area contributed by atoms with E-state index in [2.05, 4.69) is 44.2 Å². The van der Waals surface area contributed by atoms with Crippen molar-refractivity contribution in [1.29, 1.82) is 0 Å².